The lowest BCUT2D eigenvalue weighted by Crippen LogP contribution is -2.28. The maximum Gasteiger partial charge on any atom is 0.252 e. The summed E-state index contributed by atoms with van der Waals surface area (Å²) in [4.78, 5) is 1.14. The van der Waals surface area contributed by atoms with Crippen LogP contribution in [0.1, 0.15) is 38.0 Å². The standard InChI is InChI=1S/C15H26N2O2S2/c1-3-5-13-9-11-17(12-13)21(18,19)15-7-6-14(20-15)8-10-16-4-2/h6-7,13,16H,3-5,8-12H2,1-2H3. The molecule has 4 nitrogen and oxygen atoms in total. The molecule has 1 aliphatic heterocycles. The van der Waals surface area contributed by atoms with Crippen LogP contribution in [-0.4, -0.2) is 38.9 Å². The summed E-state index contributed by atoms with van der Waals surface area (Å²) in [6.07, 6.45) is 4.16. The molecule has 0 aliphatic carbocycles. The van der Waals surface area contributed by atoms with Crippen molar-refractivity contribution < 1.29 is 8.42 Å². The first-order chi connectivity index (χ1) is 10.1. The molecule has 2 heterocycles. The molecule has 0 spiro atoms. The molecule has 1 aromatic heterocycles. The molecular weight excluding hydrogens is 304 g/mol. The molecule has 1 unspecified atom stereocenters. The number of hydrogen-bond acceptors (Lipinski definition) is 4. The molecule has 1 saturated heterocycles. The lowest BCUT2D eigenvalue weighted by Gasteiger charge is -2.15. The zero-order chi connectivity index (χ0) is 15.3. The Balaban J connectivity index is 2.00. The molecule has 120 valence electrons. The molecule has 21 heavy (non-hydrogen) atoms. The van der Waals surface area contributed by atoms with Crippen molar-refractivity contribution in [3.05, 3.63) is 17.0 Å². The second-order valence-electron chi connectivity index (χ2n) is 5.63. The van der Waals surface area contributed by atoms with E-state index < -0.39 is 10.0 Å². The highest BCUT2D eigenvalue weighted by molar-refractivity contribution is 7.91. The highest BCUT2D eigenvalue weighted by Gasteiger charge is 2.32. The summed E-state index contributed by atoms with van der Waals surface area (Å²) in [5.41, 5.74) is 0. The third-order valence-electron chi connectivity index (χ3n) is 3.97. The normalized spacial score (nSPS) is 20.2. The largest absolute Gasteiger partial charge is 0.317 e. The van der Waals surface area contributed by atoms with E-state index in [1.807, 2.05) is 6.07 Å². The first kappa shape index (κ1) is 16.9. The van der Waals surface area contributed by atoms with E-state index in [1.165, 1.54) is 11.3 Å². The van der Waals surface area contributed by atoms with Gasteiger partial charge < -0.3 is 5.32 Å². The number of sulfonamides is 1. The first-order valence-corrected chi connectivity index (χ1v) is 10.1. The molecule has 1 N–H and O–H groups in total. The topological polar surface area (TPSA) is 49.4 Å². The number of rotatable bonds is 8. The fourth-order valence-corrected chi connectivity index (χ4v) is 5.85. The fraction of sp³-hybridized carbons (Fsp3) is 0.733. The van der Waals surface area contributed by atoms with Crippen molar-refractivity contribution in [3.8, 4) is 0 Å². The van der Waals surface area contributed by atoms with E-state index in [9.17, 15) is 8.42 Å². The predicted molar refractivity (Wildman–Crippen MR) is 88.3 cm³/mol. The number of thiophene rings is 1. The van der Waals surface area contributed by atoms with Gasteiger partial charge in [0, 0.05) is 18.0 Å². The van der Waals surface area contributed by atoms with Gasteiger partial charge in [-0.05, 0) is 50.4 Å². The average molecular weight is 331 g/mol. The highest BCUT2D eigenvalue weighted by atomic mass is 32.2. The molecule has 2 rings (SSSR count). The smallest absolute Gasteiger partial charge is 0.252 e. The van der Waals surface area contributed by atoms with Gasteiger partial charge in [0.05, 0.1) is 0 Å². The Morgan fingerprint density at radius 3 is 2.90 bits per heavy atom. The van der Waals surface area contributed by atoms with E-state index in [2.05, 4.69) is 19.2 Å². The third kappa shape index (κ3) is 4.28. The van der Waals surface area contributed by atoms with Crippen LogP contribution >= 0.6 is 11.3 Å². The van der Waals surface area contributed by atoms with E-state index >= 15 is 0 Å². The van der Waals surface area contributed by atoms with E-state index in [0.717, 1.165) is 43.6 Å². The third-order valence-corrected chi connectivity index (χ3v) is 7.45. The minimum Gasteiger partial charge on any atom is -0.317 e. The van der Waals surface area contributed by atoms with Crippen molar-refractivity contribution in [3.63, 3.8) is 0 Å². The Morgan fingerprint density at radius 1 is 1.38 bits per heavy atom. The summed E-state index contributed by atoms with van der Waals surface area (Å²) in [6, 6.07) is 3.73. The van der Waals surface area contributed by atoms with Crippen molar-refractivity contribution in [2.75, 3.05) is 26.2 Å². The molecule has 1 aromatic rings. The second-order valence-corrected chi connectivity index (χ2v) is 8.96. The van der Waals surface area contributed by atoms with Gasteiger partial charge in [-0.2, -0.15) is 4.31 Å². The molecule has 0 aromatic carbocycles. The Morgan fingerprint density at radius 2 is 2.19 bits per heavy atom. The van der Waals surface area contributed by atoms with Crippen LogP contribution in [0.15, 0.2) is 16.3 Å². The van der Waals surface area contributed by atoms with Crippen LogP contribution < -0.4 is 5.32 Å². The van der Waals surface area contributed by atoms with E-state index in [4.69, 9.17) is 0 Å². The minimum atomic E-state index is -3.27. The van der Waals surface area contributed by atoms with Crippen LogP contribution in [0.25, 0.3) is 0 Å². The van der Waals surface area contributed by atoms with Crippen molar-refractivity contribution in [2.24, 2.45) is 5.92 Å². The van der Waals surface area contributed by atoms with Gasteiger partial charge >= 0.3 is 0 Å². The molecular formula is C15H26N2O2S2. The van der Waals surface area contributed by atoms with Crippen molar-refractivity contribution in [2.45, 2.75) is 43.7 Å². The predicted octanol–water partition coefficient (Wildman–Crippen LogP) is 2.71. The zero-order valence-electron chi connectivity index (χ0n) is 13.0. The van der Waals surface area contributed by atoms with Gasteiger partial charge in [0.15, 0.2) is 0 Å². The lowest BCUT2D eigenvalue weighted by molar-refractivity contribution is 0.446. The molecule has 0 bridgehead atoms. The maximum atomic E-state index is 12.6. The van der Waals surface area contributed by atoms with Crippen LogP contribution in [0, 0.1) is 5.92 Å². The minimum absolute atomic E-state index is 0.506. The van der Waals surface area contributed by atoms with Crippen LogP contribution in [0.5, 0.6) is 0 Å². The van der Waals surface area contributed by atoms with Gasteiger partial charge in [-0.3, -0.25) is 0 Å². The Bertz CT molecular complexity index is 540. The lowest BCUT2D eigenvalue weighted by atomic mass is 10.0. The molecule has 1 aliphatic rings. The van der Waals surface area contributed by atoms with Crippen LogP contribution in [0.3, 0.4) is 0 Å². The molecule has 0 radical (unpaired) electrons. The summed E-state index contributed by atoms with van der Waals surface area (Å²) in [6.45, 7) is 7.46. The summed E-state index contributed by atoms with van der Waals surface area (Å²) >= 11 is 1.42. The zero-order valence-corrected chi connectivity index (χ0v) is 14.6. The summed E-state index contributed by atoms with van der Waals surface area (Å²) < 4.78 is 27.5. The Labute approximate surface area is 132 Å². The van der Waals surface area contributed by atoms with Crippen molar-refractivity contribution >= 4 is 21.4 Å². The molecule has 1 atom stereocenters. The molecule has 0 saturated carbocycles. The van der Waals surface area contributed by atoms with E-state index in [1.54, 1.807) is 10.4 Å². The van der Waals surface area contributed by atoms with Gasteiger partial charge in [-0.15, -0.1) is 11.3 Å². The number of nitrogens with zero attached hydrogens (tertiary/aromatic N) is 1. The van der Waals surface area contributed by atoms with Gasteiger partial charge in [-0.1, -0.05) is 20.3 Å². The van der Waals surface area contributed by atoms with Gasteiger partial charge in [0.2, 0.25) is 0 Å². The highest BCUT2D eigenvalue weighted by Crippen LogP contribution is 2.30. The van der Waals surface area contributed by atoms with Gasteiger partial charge in [0.25, 0.3) is 10.0 Å². The van der Waals surface area contributed by atoms with E-state index in [0.29, 0.717) is 23.2 Å². The maximum absolute atomic E-state index is 12.6. The second kappa shape index (κ2) is 7.72. The molecule has 0 amide bonds. The number of likely N-dealkylation sites (N-methyl/N-ethyl adjacent to an activating group) is 1. The summed E-state index contributed by atoms with van der Waals surface area (Å²) in [5, 5.41) is 3.27. The van der Waals surface area contributed by atoms with Crippen LogP contribution in [0.2, 0.25) is 0 Å². The Kier molecular flexibility index (Phi) is 6.22. The van der Waals surface area contributed by atoms with Crippen LogP contribution in [0.4, 0.5) is 0 Å². The van der Waals surface area contributed by atoms with E-state index in [-0.39, 0.29) is 0 Å². The summed E-state index contributed by atoms with van der Waals surface area (Å²) in [7, 11) is -3.27. The number of hydrogen-bond donors (Lipinski definition) is 1. The van der Waals surface area contributed by atoms with Gasteiger partial charge in [0.1, 0.15) is 4.21 Å². The van der Waals surface area contributed by atoms with Crippen molar-refractivity contribution in [1.82, 2.24) is 9.62 Å². The fourth-order valence-electron chi connectivity index (χ4n) is 2.81. The quantitative estimate of drug-likeness (QED) is 0.746. The van der Waals surface area contributed by atoms with Crippen LogP contribution in [-0.2, 0) is 16.4 Å². The molecule has 6 heteroatoms. The first-order valence-electron chi connectivity index (χ1n) is 7.87. The van der Waals surface area contributed by atoms with Gasteiger partial charge in [-0.25, -0.2) is 8.42 Å². The Hall–Kier alpha value is -0.430. The SMILES string of the molecule is CCCC1CCN(S(=O)(=O)c2ccc(CCNCC)s2)C1. The average Bonchev–Trinajstić information content (AvgIpc) is 3.09. The van der Waals surface area contributed by atoms with Crippen molar-refractivity contribution in [1.29, 1.82) is 0 Å². The summed E-state index contributed by atoms with van der Waals surface area (Å²) in [5.74, 6) is 0.540. The monoisotopic (exact) mass is 330 g/mol. The molecule has 1 fully saturated rings. The number of nitrogens with one attached hydrogen (secondary N) is 1.